The highest BCUT2D eigenvalue weighted by atomic mass is 32.1. The molecule has 0 N–H and O–H groups in total. The fraction of sp³-hybridized carbons (Fsp3) is 0. The van der Waals surface area contributed by atoms with E-state index in [-0.39, 0.29) is 0 Å². The molecule has 2 nitrogen and oxygen atoms in total. The predicted octanol–water partition coefficient (Wildman–Crippen LogP) is 17.9. The molecule has 13 aromatic rings. The van der Waals surface area contributed by atoms with Gasteiger partial charge in [0.1, 0.15) is 5.58 Å². The summed E-state index contributed by atoms with van der Waals surface area (Å²) in [5.41, 5.74) is 12.0. The maximum absolute atomic E-state index is 7.08. The van der Waals surface area contributed by atoms with Crippen LogP contribution in [0, 0.1) is 0 Å². The van der Waals surface area contributed by atoms with Crippen molar-refractivity contribution in [3.05, 3.63) is 212 Å². The van der Waals surface area contributed by atoms with Crippen molar-refractivity contribution in [3.63, 3.8) is 0 Å². The Bertz CT molecular complexity index is 3860. The standard InChI is InChI=1S/C58H35NOS2/c1-2-12-36(13-3-1)37-28-30-43(31-29-37)59(51-21-11-20-48-46-17-7-9-23-55(46)62-58(48)51)52-34-42(33-50-49-32-40-14-4-5-15-41(40)35-53(49)60-56(50)52)38-24-26-39(27-25-38)44-18-10-19-47-45-16-6-8-22-54(45)61-57(44)47/h1-35H. The van der Waals surface area contributed by atoms with E-state index in [0.29, 0.717) is 0 Å². The van der Waals surface area contributed by atoms with Crippen LogP contribution in [0.3, 0.4) is 0 Å². The molecule has 0 unspecified atom stereocenters. The lowest BCUT2D eigenvalue weighted by Gasteiger charge is -2.27. The van der Waals surface area contributed by atoms with Crippen molar-refractivity contribution in [3.8, 4) is 33.4 Å². The van der Waals surface area contributed by atoms with E-state index in [1.165, 1.54) is 68.0 Å². The monoisotopic (exact) mass is 825 g/mol. The van der Waals surface area contributed by atoms with Gasteiger partial charge in [-0.2, -0.15) is 0 Å². The first-order chi connectivity index (χ1) is 30.7. The topological polar surface area (TPSA) is 16.4 Å². The molecule has 3 aromatic heterocycles. The third kappa shape index (κ3) is 5.61. The third-order valence-electron chi connectivity index (χ3n) is 12.5. The Morgan fingerprint density at radius 1 is 0.339 bits per heavy atom. The summed E-state index contributed by atoms with van der Waals surface area (Å²) in [5, 5.41) is 9.70. The van der Waals surface area contributed by atoms with E-state index in [0.717, 1.165) is 55.5 Å². The Morgan fingerprint density at radius 3 is 1.66 bits per heavy atom. The third-order valence-corrected chi connectivity index (χ3v) is 14.9. The molecular weight excluding hydrogens is 791 g/mol. The van der Waals surface area contributed by atoms with Gasteiger partial charge in [-0.05, 0) is 98.8 Å². The summed E-state index contributed by atoms with van der Waals surface area (Å²) < 4.78 is 12.2. The highest BCUT2D eigenvalue weighted by Crippen LogP contribution is 2.50. The van der Waals surface area contributed by atoms with E-state index >= 15 is 0 Å². The average Bonchev–Trinajstić information content (AvgIpc) is 4.03. The molecule has 0 amide bonds. The minimum absolute atomic E-state index is 0.859. The first kappa shape index (κ1) is 35.3. The number of hydrogen-bond donors (Lipinski definition) is 0. The highest BCUT2D eigenvalue weighted by Gasteiger charge is 2.24. The SMILES string of the molecule is c1ccc(-c2ccc(N(c3cc(-c4ccc(-c5cccc6c5sc5ccccc56)cc4)cc4c3oc3cc5ccccc5cc34)c3cccc4c3sc3ccccc34)cc2)cc1. The molecule has 0 aliphatic carbocycles. The number of thiophene rings is 2. The van der Waals surface area contributed by atoms with Crippen LogP contribution < -0.4 is 4.90 Å². The molecule has 290 valence electrons. The molecule has 3 heterocycles. The zero-order valence-electron chi connectivity index (χ0n) is 33.4. The molecule has 13 rings (SSSR count). The van der Waals surface area contributed by atoms with E-state index in [2.05, 4.69) is 217 Å². The summed E-state index contributed by atoms with van der Waals surface area (Å²) in [6.07, 6.45) is 0. The van der Waals surface area contributed by atoms with Gasteiger partial charge in [-0.1, -0.05) is 158 Å². The van der Waals surface area contributed by atoms with Crippen LogP contribution >= 0.6 is 22.7 Å². The van der Waals surface area contributed by atoms with E-state index in [1.807, 2.05) is 22.7 Å². The zero-order valence-corrected chi connectivity index (χ0v) is 35.0. The second-order valence-corrected chi connectivity index (χ2v) is 18.1. The van der Waals surface area contributed by atoms with Gasteiger partial charge in [0.05, 0.1) is 16.1 Å². The largest absolute Gasteiger partial charge is 0.454 e. The van der Waals surface area contributed by atoms with Gasteiger partial charge in [-0.15, -0.1) is 22.7 Å². The minimum atomic E-state index is 0.859. The normalized spacial score (nSPS) is 11.9. The van der Waals surface area contributed by atoms with Crippen LogP contribution in [0.5, 0.6) is 0 Å². The van der Waals surface area contributed by atoms with Gasteiger partial charge in [-0.3, -0.25) is 0 Å². The first-order valence-electron chi connectivity index (χ1n) is 21.0. The molecule has 4 heteroatoms. The molecular formula is C58H35NOS2. The average molecular weight is 826 g/mol. The maximum Gasteiger partial charge on any atom is 0.159 e. The van der Waals surface area contributed by atoms with Crippen molar-refractivity contribution < 1.29 is 4.42 Å². The van der Waals surface area contributed by atoms with Crippen LogP contribution in [0.15, 0.2) is 217 Å². The van der Waals surface area contributed by atoms with Crippen LogP contribution in [0.2, 0.25) is 0 Å². The molecule has 62 heavy (non-hydrogen) atoms. The van der Waals surface area contributed by atoms with Crippen molar-refractivity contribution in [1.29, 1.82) is 0 Å². The fourth-order valence-electron chi connectivity index (χ4n) is 9.44. The highest BCUT2D eigenvalue weighted by molar-refractivity contribution is 7.26. The van der Waals surface area contributed by atoms with Crippen LogP contribution in [0.25, 0.3) is 106 Å². The summed E-state index contributed by atoms with van der Waals surface area (Å²) in [5.74, 6) is 0. The molecule has 0 atom stereocenters. The second-order valence-electron chi connectivity index (χ2n) is 16.0. The Kier molecular flexibility index (Phi) is 7.99. The fourth-order valence-corrected chi connectivity index (χ4v) is 11.9. The minimum Gasteiger partial charge on any atom is -0.454 e. The summed E-state index contributed by atoms with van der Waals surface area (Å²) in [7, 11) is 0. The smallest absolute Gasteiger partial charge is 0.159 e. The lowest BCUT2D eigenvalue weighted by atomic mass is 9.96. The molecule has 0 spiro atoms. The van der Waals surface area contributed by atoms with Crippen LogP contribution in [0.4, 0.5) is 17.1 Å². The number of nitrogens with zero attached hydrogens (tertiary/aromatic N) is 1. The van der Waals surface area contributed by atoms with Gasteiger partial charge in [-0.25, -0.2) is 0 Å². The van der Waals surface area contributed by atoms with Crippen molar-refractivity contribution in [2.45, 2.75) is 0 Å². The zero-order chi connectivity index (χ0) is 40.7. The molecule has 0 saturated carbocycles. The van der Waals surface area contributed by atoms with Gasteiger partial charge in [0.2, 0.25) is 0 Å². The lowest BCUT2D eigenvalue weighted by Crippen LogP contribution is -2.10. The van der Waals surface area contributed by atoms with Crippen molar-refractivity contribution in [2.24, 2.45) is 0 Å². The molecule has 10 aromatic carbocycles. The second kappa shape index (κ2) is 14.0. The number of fused-ring (bicyclic) bond motifs is 10. The van der Waals surface area contributed by atoms with E-state index in [1.54, 1.807) is 0 Å². The molecule has 0 bridgehead atoms. The summed E-state index contributed by atoms with van der Waals surface area (Å²) in [6, 6.07) is 77.4. The van der Waals surface area contributed by atoms with Gasteiger partial charge in [0.25, 0.3) is 0 Å². The molecule has 0 aliphatic rings. The quantitative estimate of drug-likeness (QED) is 0.166. The Balaban J connectivity index is 1.05. The molecule has 0 fully saturated rings. The van der Waals surface area contributed by atoms with Gasteiger partial charge < -0.3 is 9.32 Å². The van der Waals surface area contributed by atoms with Gasteiger partial charge in [0, 0.05) is 52.1 Å². The van der Waals surface area contributed by atoms with Crippen LogP contribution in [0.1, 0.15) is 0 Å². The van der Waals surface area contributed by atoms with Gasteiger partial charge >= 0.3 is 0 Å². The summed E-state index contributed by atoms with van der Waals surface area (Å²) in [6.45, 7) is 0. The summed E-state index contributed by atoms with van der Waals surface area (Å²) >= 11 is 3.72. The van der Waals surface area contributed by atoms with E-state index in [9.17, 15) is 0 Å². The number of benzene rings is 10. The number of hydrogen-bond acceptors (Lipinski definition) is 4. The molecule has 0 radical (unpaired) electrons. The number of rotatable bonds is 6. The molecule has 0 aliphatic heterocycles. The Morgan fingerprint density at radius 2 is 0.903 bits per heavy atom. The Hall–Kier alpha value is -7.50. The lowest BCUT2D eigenvalue weighted by molar-refractivity contribution is 0.669. The maximum atomic E-state index is 7.08. The summed E-state index contributed by atoms with van der Waals surface area (Å²) in [4.78, 5) is 2.43. The Labute approximate surface area is 365 Å². The van der Waals surface area contributed by atoms with E-state index in [4.69, 9.17) is 4.42 Å². The van der Waals surface area contributed by atoms with Crippen molar-refractivity contribution in [1.82, 2.24) is 0 Å². The number of furan rings is 1. The van der Waals surface area contributed by atoms with Crippen LogP contribution in [-0.2, 0) is 0 Å². The first-order valence-corrected chi connectivity index (χ1v) is 22.6. The van der Waals surface area contributed by atoms with Crippen LogP contribution in [-0.4, -0.2) is 0 Å². The predicted molar refractivity (Wildman–Crippen MR) is 268 cm³/mol. The van der Waals surface area contributed by atoms with Crippen molar-refractivity contribution >= 4 is 113 Å². The number of anilines is 3. The van der Waals surface area contributed by atoms with E-state index < -0.39 is 0 Å². The van der Waals surface area contributed by atoms with Gasteiger partial charge in [0.15, 0.2) is 5.58 Å². The molecule has 0 saturated heterocycles. The van der Waals surface area contributed by atoms with Crippen molar-refractivity contribution in [2.75, 3.05) is 4.90 Å².